The van der Waals surface area contributed by atoms with E-state index in [1.807, 2.05) is 11.8 Å². The first kappa shape index (κ1) is 12.1. The Hall–Kier alpha value is -0.960. The molecule has 0 bridgehead atoms. The molecule has 1 aromatic carbocycles. The molecule has 0 spiro atoms. The van der Waals surface area contributed by atoms with E-state index >= 15 is 0 Å². The molecule has 1 heterocycles. The van der Waals surface area contributed by atoms with Gasteiger partial charge in [0.1, 0.15) is 0 Å². The number of aliphatic imine (C=N–C) groups is 1. The lowest BCUT2D eigenvalue weighted by Gasteiger charge is -2.09. The minimum atomic E-state index is 0.553. The third-order valence-electron chi connectivity index (χ3n) is 3.56. The van der Waals surface area contributed by atoms with E-state index in [9.17, 15) is 0 Å². The Balaban J connectivity index is 1.45. The van der Waals surface area contributed by atoms with E-state index in [4.69, 9.17) is 0 Å². The molecule has 1 saturated heterocycles. The number of hydrogen-bond acceptors (Lipinski definition) is 2. The Bertz CT molecular complexity index is 412. The molecule has 1 N–H and O–H groups in total. The van der Waals surface area contributed by atoms with Crippen molar-refractivity contribution >= 4 is 16.9 Å². The van der Waals surface area contributed by atoms with Crippen molar-refractivity contribution in [2.45, 2.75) is 31.7 Å². The summed E-state index contributed by atoms with van der Waals surface area (Å²) in [6.07, 6.45) is 5.26. The van der Waals surface area contributed by atoms with Gasteiger partial charge in [0.15, 0.2) is 5.17 Å². The van der Waals surface area contributed by atoms with E-state index in [0.29, 0.717) is 6.04 Å². The van der Waals surface area contributed by atoms with Crippen LogP contribution in [0.1, 0.15) is 24.8 Å². The van der Waals surface area contributed by atoms with Crippen molar-refractivity contribution in [2.24, 2.45) is 10.9 Å². The molecular formula is C15H20N2S. The molecule has 1 aliphatic carbocycles. The second kappa shape index (κ2) is 5.79. The summed E-state index contributed by atoms with van der Waals surface area (Å²) >= 11 is 1.88. The third kappa shape index (κ3) is 3.52. The molecular weight excluding hydrogens is 240 g/mol. The van der Waals surface area contributed by atoms with Crippen LogP contribution in [-0.2, 0) is 6.42 Å². The number of rotatable bonds is 5. The van der Waals surface area contributed by atoms with Gasteiger partial charge >= 0.3 is 0 Å². The summed E-state index contributed by atoms with van der Waals surface area (Å²) in [6.45, 7) is 1.01. The molecule has 3 rings (SSSR count). The van der Waals surface area contributed by atoms with Gasteiger partial charge in [-0.25, -0.2) is 0 Å². The molecule has 1 aromatic rings. The number of benzene rings is 1. The third-order valence-corrected chi connectivity index (χ3v) is 4.65. The van der Waals surface area contributed by atoms with Crippen LogP contribution in [0, 0.1) is 5.92 Å². The molecule has 2 aliphatic rings. The maximum Gasteiger partial charge on any atom is 0.156 e. The smallest absolute Gasteiger partial charge is 0.156 e. The maximum atomic E-state index is 4.66. The average Bonchev–Trinajstić information content (AvgIpc) is 3.11. The SMILES string of the molecule is c1ccc(CC2CSC(=NCCC3CC3)N2)cc1. The van der Waals surface area contributed by atoms with Gasteiger partial charge in [0.25, 0.3) is 0 Å². The highest BCUT2D eigenvalue weighted by atomic mass is 32.2. The summed E-state index contributed by atoms with van der Waals surface area (Å²) in [4.78, 5) is 4.66. The highest BCUT2D eigenvalue weighted by Crippen LogP contribution is 2.32. The van der Waals surface area contributed by atoms with Crippen LogP contribution in [0.3, 0.4) is 0 Å². The lowest BCUT2D eigenvalue weighted by atomic mass is 10.1. The van der Waals surface area contributed by atoms with Crippen molar-refractivity contribution in [3.05, 3.63) is 35.9 Å². The summed E-state index contributed by atoms with van der Waals surface area (Å²) in [5.74, 6) is 2.14. The molecule has 1 atom stereocenters. The van der Waals surface area contributed by atoms with Gasteiger partial charge in [-0.15, -0.1) is 0 Å². The van der Waals surface area contributed by atoms with E-state index < -0.39 is 0 Å². The van der Waals surface area contributed by atoms with Crippen molar-refractivity contribution in [2.75, 3.05) is 12.3 Å². The summed E-state index contributed by atoms with van der Waals surface area (Å²) in [7, 11) is 0. The van der Waals surface area contributed by atoms with Gasteiger partial charge in [0, 0.05) is 18.3 Å². The molecule has 18 heavy (non-hydrogen) atoms. The number of nitrogens with zero attached hydrogens (tertiary/aromatic N) is 1. The lowest BCUT2D eigenvalue weighted by Crippen LogP contribution is -2.29. The van der Waals surface area contributed by atoms with Gasteiger partial charge in [0.2, 0.25) is 0 Å². The maximum absolute atomic E-state index is 4.66. The molecule has 0 amide bonds. The number of amidine groups is 1. The van der Waals surface area contributed by atoms with E-state index in [2.05, 4.69) is 40.6 Å². The molecule has 0 radical (unpaired) electrons. The first-order valence-electron chi connectivity index (χ1n) is 6.88. The Morgan fingerprint density at radius 1 is 1.22 bits per heavy atom. The van der Waals surface area contributed by atoms with Crippen LogP contribution in [0.15, 0.2) is 35.3 Å². The zero-order valence-electron chi connectivity index (χ0n) is 10.6. The molecule has 2 fully saturated rings. The summed E-state index contributed by atoms with van der Waals surface area (Å²) < 4.78 is 0. The predicted octanol–water partition coefficient (Wildman–Crippen LogP) is 3.09. The van der Waals surface area contributed by atoms with Crippen LogP contribution >= 0.6 is 11.8 Å². The molecule has 1 aliphatic heterocycles. The zero-order valence-corrected chi connectivity index (χ0v) is 11.5. The second-order valence-electron chi connectivity index (χ2n) is 5.26. The van der Waals surface area contributed by atoms with Gasteiger partial charge in [-0.1, -0.05) is 54.9 Å². The number of hydrogen-bond donors (Lipinski definition) is 1. The van der Waals surface area contributed by atoms with Gasteiger partial charge < -0.3 is 5.32 Å². The summed E-state index contributed by atoms with van der Waals surface area (Å²) in [6, 6.07) is 11.3. The summed E-state index contributed by atoms with van der Waals surface area (Å²) in [5.41, 5.74) is 1.41. The lowest BCUT2D eigenvalue weighted by molar-refractivity contribution is 0.682. The average molecular weight is 260 g/mol. The van der Waals surface area contributed by atoms with Crippen molar-refractivity contribution in [3.8, 4) is 0 Å². The quantitative estimate of drug-likeness (QED) is 0.880. The van der Waals surface area contributed by atoms with E-state index in [1.54, 1.807) is 0 Å². The molecule has 1 saturated carbocycles. The Morgan fingerprint density at radius 3 is 2.83 bits per heavy atom. The van der Waals surface area contributed by atoms with Crippen LogP contribution in [0.25, 0.3) is 0 Å². The largest absolute Gasteiger partial charge is 0.361 e. The van der Waals surface area contributed by atoms with Crippen LogP contribution < -0.4 is 5.32 Å². The van der Waals surface area contributed by atoms with Crippen molar-refractivity contribution in [1.82, 2.24) is 5.32 Å². The first-order valence-corrected chi connectivity index (χ1v) is 7.86. The fraction of sp³-hybridized carbons (Fsp3) is 0.533. The normalized spacial score (nSPS) is 25.3. The van der Waals surface area contributed by atoms with E-state index in [1.165, 1.54) is 24.8 Å². The second-order valence-corrected chi connectivity index (χ2v) is 6.27. The molecule has 0 aromatic heterocycles. The van der Waals surface area contributed by atoms with Gasteiger partial charge in [-0.3, -0.25) is 4.99 Å². The van der Waals surface area contributed by atoms with Gasteiger partial charge in [0.05, 0.1) is 0 Å². The molecule has 96 valence electrons. The van der Waals surface area contributed by atoms with E-state index in [0.717, 1.165) is 29.8 Å². The van der Waals surface area contributed by atoms with E-state index in [-0.39, 0.29) is 0 Å². The van der Waals surface area contributed by atoms with Gasteiger partial charge in [-0.2, -0.15) is 0 Å². The Labute approximate surface area is 113 Å². The molecule has 3 heteroatoms. The Kier molecular flexibility index (Phi) is 3.89. The minimum absolute atomic E-state index is 0.553. The van der Waals surface area contributed by atoms with Crippen LogP contribution in [0.4, 0.5) is 0 Å². The predicted molar refractivity (Wildman–Crippen MR) is 79.2 cm³/mol. The first-order chi connectivity index (χ1) is 8.90. The van der Waals surface area contributed by atoms with Crippen molar-refractivity contribution in [1.29, 1.82) is 0 Å². The van der Waals surface area contributed by atoms with Crippen LogP contribution in [-0.4, -0.2) is 23.5 Å². The fourth-order valence-corrected chi connectivity index (χ4v) is 3.29. The highest BCUT2D eigenvalue weighted by molar-refractivity contribution is 8.14. The van der Waals surface area contributed by atoms with Crippen molar-refractivity contribution < 1.29 is 0 Å². The number of nitrogens with one attached hydrogen (secondary N) is 1. The van der Waals surface area contributed by atoms with Gasteiger partial charge in [-0.05, 0) is 24.3 Å². The summed E-state index contributed by atoms with van der Waals surface area (Å²) in [5, 5.41) is 4.71. The zero-order chi connectivity index (χ0) is 12.2. The van der Waals surface area contributed by atoms with Crippen LogP contribution in [0.5, 0.6) is 0 Å². The molecule has 2 nitrogen and oxygen atoms in total. The van der Waals surface area contributed by atoms with Crippen molar-refractivity contribution in [3.63, 3.8) is 0 Å². The highest BCUT2D eigenvalue weighted by Gasteiger charge is 2.22. The van der Waals surface area contributed by atoms with Crippen LogP contribution in [0.2, 0.25) is 0 Å². The standard InChI is InChI=1S/C15H20N2S/c1-2-4-13(5-3-1)10-14-11-18-15(17-14)16-9-8-12-6-7-12/h1-5,12,14H,6-11H2,(H,16,17). The topological polar surface area (TPSA) is 24.4 Å². The Morgan fingerprint density at radius 2 is 2.06 bits per heavy atom. The monoisotopic (exact) mass is 260 g/mol. The number of thioether (sulfide) groups is 1. The fourth-order valence-electron chi connectivity index (χ4n) is 2.29. The minimum Gasteiger partial charge on any atom is -0.361 e. The molecule has 1 unspecified atom stereocenters.